The summed E-state index contributed by atoms with van der Waals surface area (Å²) >= 11 is 6.29. The van der Waals surface area contributed by atoms with E-state index in [1.807, 2.05) is 32.3 Å². The van der Waals surface area contributed by atoms with Gasteiger partial charge in [0, 0.05) is 17.1 Å². The Balaban J connectivity index is 2.37. The number of hydrogen-bond acceptors (Lipinski definition) is 3. The number of hydrogen-bond donors (Lipinski definition) is 1. The van der Waals surface area contributed by atoms with Crippen LogP contribution < -0.4 is 0 Å². The van der Waals surface area contributed by atoms with E-state index in [1.165, 1.54) is 5.56 Å². The highest BCUT2D eigenvalue weighted by molar-refractivity contribution is 6.33. The summed E-state index contributed by atoms with van der Waals surface area (Å²) in [6, 6.07) is 14.0. The van der Waals surface area contributed by atoms with Crippen molar-refractivity contribution in [2.45, 2.75) is 13.5 Å². The van der Waals surface area contributed by atoms with Crippen molar-refractivity contribution in [2.75, 3.05) is 14.1 Å². The third-order valence-electron chi connectivity index (χ3n) is 3.30. The van der Waals surface area contributed by atoms with Gasteiger partial charge < -0.3 is 10.1 Å². The topological polar surface area (TPSA) is 35.8 Å². The molecule has 0 amide bonds. The lowest BCUT2D eigenvalue weighted by molar-refractivity contribution is 0.319. The average Bonchev–Trinajstić information content (AvgIpc) is 2.47. The minimum Gasteiger partial charge on any atom is -0.411 e. The molecule has 0 radical (unpaired) electrons. The summed E-state index contributed by atoms with van der Waals surface area (Å²) in [4.78, 5) is 2.13. The van der Waals surface area contributed by atoms with Crippen LogP contribution in [0.4, 0.5) is 0 Å². The van der Waals surface area contributed by atoms with E-state index in [-0.39, 0.29) is 0 Å². The van der Waals surface area contributed by atoms with Gasteiger partial charge in [-0.15, -0.1) is 0 Å². The standard InChI is InChI=1S/C17H19ClN2O/c1-12(19-21)15-8-9-17(18)16(10-15)14-6-4-13(5-7-14)11-20(2)3/h4-10,21H,11H2,1-3H3/b19-12+. The molecule has 0 aliphatic rings. The normalized spacial score (nSPS) is 12.0. The maximum atomic E-state index is 8.89. The fraction of sp³-hybridized carbons (Fsp3) is 0.235. The van der Waals surface area contributed by atoms with Crippen LogP contribution in [0.15, 0.2) is 47.6 Å². The van der Waals surface area contributed by atoms with Crippen molar-refractivity contribution >= 4 is 17.3 Å². The molecule has 0 fully saturated rings. The van der Waals surface area contributed by atoms with Gasteiger partial charge in [0.25, 0.3) is 0 Å². The number of nitrogens with zero attached hydrogens (tertiary/aromatic N) is 2. The Hall–Kier alpha value is -1.84. The molecular formula is C17H19ClN2O. The molecule has 0 aromatic heterocycles. The maximum Gasteiger partial charge on any atom is 0.0837 e. The Labute approximate surface area is 130 Å². The molecule has 0 saturated carbocycles. The smallest absolute Gasteiger partial charge is 0.0837 e. The molecular weight excluding hydrogens is 284 g/mol. The Kier molecular flexibility index (Phi) is 4.99. The number of benzene rings is 2. The van der Waals surface area contributed by atoms with Crippen LogP contribution in [0.1, 0.15) is 18.1 Å². The van der Waals surface area contributed by atoms with E-state index in [2.05, 4.69) is 34.3 Å². The summed E-state index contributed by atoms with van der Waals surface area (Å²) in [5.74, 6) is 0. The first-order valence-corrected chi connectivity index (χ1v) is 7.11. The zero-order valence-corrected chi connectivity index (χ0v) is 13.2. The molecule has 3 nitrogen and oxygen atoms in total. The molecule has 0 heterocycles. The highest BCUT2D eigenvalue weighted by atomic mass is 35.5. The van der Waals surface area contributed by atoms with Crippen LogP contribution in [0.2, 0.25) is 5.02 Å². The number of rotatable bonds is 4. The molecule has 110 valence electrons. The number of halogens is 1. The van der Waals surface area contributed by atoms with Gasteiger partial charge in [-0.2, -0.15) is 0 Å². The van der Waals surface area contributed by atoms with Crippen LogP contribution in [0.3, 0.4) is 0 Å². The fourth-order valence-electron chi connectivity index (χ4n) is 2.18. The second-order valence-corrected chi connectivity index (χ2v) is 5.72. The van der Waals surface area contributed by atoms with Gasteiger partial charge in [-0.3, -0.25) is 0 Å². The van der Waals surface area contributed by atoms with E-state index in [0.29, 0.717) is 10.7 Å². The lowest BCUT2D eigenvalue weighted by Crippen LogP contribution is -2.10. The van der Waals surface area contributed by atoms with E-state index >= 15 is 0 Å². The summed E-state index contributed by atoms with van der Waals surface area (Å²) in [7, 11) is 4.09. The van der Waals surface area contributed by atoms with E-state index in [1.54, 1.807) is 6.92 Å². The van der Waals surface area contributed by atoms with Crippen molar-refractivity contribution in [1.82, 2.24) is 4.90 Å². The minimum atomic E-state index is 0.567. The van der Waals surface area contributed by atoms with Gasteiger partial charge in [-0.05, 0) is 49.8 Å². The van der Waals surface area contributed by atoms with Crippen molar-refractivity contribution in [3.63, 3.8) is 0 Å². The van der Waals surface area contributed by atoms with Crippen molar-refractivity contribution in [1.29, 1.82) is 0 Å². The number of oxime groups is 1. The van der Waals surface area contributed by atoms with E-state index < -0.39 is 0 Å². The van der Waals surface area contributed by atoms with Gasteiger partial charge in [0.1, 0.15) is 0 Å². The molecule has 0 atom stereocenters. The zero-order chi connectivity index (χ0) is 15.4. The molecule has 1 N–H and O–H groups in total. The van der Waals surface area contributed by atoms with Crippen LogP contribution in [0.25, 0.3) is 11.1 Å². The first kappa shape index (κ1) is 15.5. The highest BCUT2D eigenvalue weighted by Gasteiger charge is 2.07. The monoisotopic (exact) mass is 302 g/mol. The van der Waals surface area contributed by atoms with E-state index in [4.69, 9.17) is 16.8 Å². The molecule has 0 spiro atoms. The molecule has 0 aliphatic carbocycles. The summed E-state index contributed by atoms with van der Waals surface area (Å²) in [5.41, 5.74) is 4.67. The molecule has 2 aromatic carbocycles. The van der Waals surface area contributed by atoms with Gasteiger partial charge in [-0.1, -0.05) is 47.1 Å². The van der Waals surface area contributed by atoms with Crippen LogP contribution >= 0.6 is 11.6 Å². The van der Waals surface area contributed by atoms with Crippen molar-refractivity contribution < 1.29 is 5.21 Å². The Morgan fingerprint density at radius 3 is 2.38 bits per heavy atom. The second-order valence-electron chi connectivity index (χ2n) is 5.31. The Morgan fingerprint density at radius 2 is 1.81 bits per heavy atom. The second kappa shape index (κ2) is 6.74. The molecule has 0 bridgehead atoms. The van der Waals surface area contributed by atoms with Gasteiger partial charge >= 0.3 is 0 Å². The lowest BCUT2D eigenvalue weighted by atomic mass is 10.00. The van der Waals surface area contributed by atoms with E-state index in [0.717, 1.165) is 23.2 Å². The largest absolute Gasteiger partial charge is 0.411 e. The summed E-state index contributed by atoms with van der Waals surface area (Å²) in [5, 5.41) is 12.8. The van der Waals surface area contributed by atoms with Crippen molar-refractivity contribution in [3.8, 4) is 11.1 Å². The maximum absolute atomic E-state index is 8.89. The highest BCUT2D eigenvalue weighted by Crippen LogP contribution is 2.29. The van der Waals surface area contributed by atoms with Crippen LogP contribution in [-0.4, -0.2) is 29.9 Å². The quantitative estimate of drug-likeness (QED) is 0.520. The van der Waals surface area contributed by atoms with Gasteiger partial charge in [0.15, 0.2) is 0 Å². The Morgan fingerprint density at radius 1 is 1.14 bits per heavy atom. The predicted molar refractivity (Wildman–Crippen MR) is 88.3 cm³/mol. The third kappa shape index (κ3) is 3.84. The SMILES string of the molecule is C/C(=N\O)c1ccc(Cl)c(-c2ccc(CN(C)C)cc2)c1. The zero-order valence-electron chi connectivity index (χ0n) is 12.5. The summed E-state index contributed by atoms with van der Waals surface area (Å²) in [6.07, 6.45) is 0. The summed E-state index contributed by atoms with van der Waals surface area (Å²) in [6.45, 7) is 2.66. The third-order valence-corrected chi connectivity index (χ3v) is 3.63. The molecule has 0 saturated heterocycles. The van der Waals surface area contributed by atoms with Gasteiger partial charge in [0.2, 0.25) is 0 Å². The predicted octanol–water partition coefficient (Wildman–Crippen LogP) is 4.27. The summed E-state index contributed by atoms with van der Waals surface area (Å²) < 4.78 is 0. The van der Waals surface area contributed by atoms with Crippen LogP contribution in [0, 0.1) is 0 Å². The van der Waals surface area contributed by atoms with Crippen LogP contribution in [-0.2, 0) is 6.54 Å². The van der Waals surface area contributed by atoms with Gasteiger partial charge in [-0.25, -0.2) is 0 Å². The first-order valence-electron chi connectivity index (χ1n) is 6.74. The van der Waals surface area contributed by atoms with Gasteiger partial charge in [0.05, 0.1) is 5.71 Å². The molecule has 2 aromatic rings. The van der Waals surface area contributed by atoms with Crippen LogP contribution in [0.5, 0.6) is 0 Å². The molecule has 2 rings (SSSR count). The Bertz CT molecular complexity index is 648. The lowest BCUT2D eigenvalue weighted by Gasteiger charge is -2.11. The van der Waals surface area contributed by atoms with Crippen molar-refractivity contribution in [2.24, 2.45) is 5.16 Å². The molecule has 0 aliphatic heterocycles. The van der Waals surface area contributed by atoms with E-state index in [9.17, 15) is 0 Å². The molecule has 4 heteroatoms. The molecule has 21 heavy (non-hydrogen) atoms. The minimum absolute atomic E-state index is 0.567. The average molecular weight is 303 g/mol. The van der Waals surface area contributed by atoms with Crippen molar-refractivity contribution in [3.05, 3.63) is 58.6 Å². The molecule has 0 unspecified atom stereocenters. The first-order chi connectivity index (χ1) is 10.0. The fourth-order valence-corrected chi connectivity index (χ4v) is 2.41.